The molecule has 25 heavy (non-hydrogen) atoms. The van der Waals surface area contributed by atoms with Crippen molar-refractivity contribution >= 4 is 17.5 Å². The van der Waals surface area contributed by atoms with E-state index in [0.29, 0.717) is 19.4 Å². The van der Waals surface area contributed by atoms with Crippen molar-refractivity contribution < 1.29 is 22.8 Å². The second kappa shape index (κ2) is 7.06. The average molecular weight is 354 g/mol. The summed E-state index contributed by atoms with van der Waals surface area (Å²) in [4.78, 5) is 26.9. The highest BCUT2D eigenvalue weighted by Gasteiger charge is 2.40. The van der Waals surface area contributed by atoms with Gasteiger partial charge in [-0.25, -0.2) is 0 Å². The van der Waals surface area contributed by atoms with Crippen LogP contribution >= 0.6 is 0 Å². The molecule has 2 aliphatic rings. The van der Waals surface area contributed by atoms with Crippen molar-refractivity contribution in [1.29, 1.82) is 0 Å². The lowest BCUT2D eigenvalue weighted by molar-refractivity contribution is -0.144. The third-order valence-electron chi connectivity index (χ3n) is 5.04. The van der Waals surface area contributed by atoms with E-state index in [4.69, 9.17) is 0 Å². The summed E-state index contributed by atoms with van der Waals surface area (Å²) in [6.45, 7) is -0.790. The maximum Gasteiger partial charge on any atom is 0.405 e. The van der Waals surface area contributed by atoms with Crippen molar-refractivity contribution in [2.45, 2.75) is 38.3 Å². The number of carbonyl (C=O) groups is 2. The van der Waals surface area contributed by atoms with Crippen LogP contribution in [0.3, 0.4) is 0 Å². The van der Waals surface area contributed by atoms with E-state index < -0.39 is 30.5 Å². The first-order valence-electron chi connectivity index (χ1n) is 8.60. The van der Waals surface area contributed by atoms with Gasteiger partial charge < -0.3 is 10.2 Å². The SMILES string of the molecule is O=C(NCC(F)(F)F)C1CCCCC1C(=O)N1CCc2ccccc21. The highest BCUT2D eigenvalue weighted by Crippen LogP contribution is 2.36. The second-order valence-corrected chi connectivity index (χ2v) is 6.70. The Kier molecular flexibility index (Phi) is 5.01. The Morgan fingerprint density at radius 2 is 1.80 bits per heavy atom. The maximum atomic E-state index is 13.0. The van der Waals surface area contributed by atoms with Gasteiger partial charge in [-0.05, 0) is 30.9 Å². The molecule has 7 heteroatoms. The van der Waals surface area contributed by atoms with Gasteiger partial charge in [0.15, 0.2) is 0 Å². The van der Waals surface area contributed by atoms with Gasteiger partial charge in [-0.2, -0.15) is 13.2 Å². The molecular weight excluding hydrogens is 333 g/mol. The Balaban J connectivity index is 1.73. The molecular formula is C18H21F3N2O2. The summed E-state index contributed by atoms with van der Waals surface area (Å²) >= 11 is 0. The van der Waals surface area contributed by atoms with E-state index in [1.54, 1.807) is 4.90 Å². The van der Waals surface area contributed by atoms with Crippen molar-refractivity contribution in [3.8, 4) is 0 Å². The number of hydrogen-bond donors (Lipinski definition) is 1. The number of benzene rings is 1. The molecule has 1 fully saturated rings. The van der Waals surface area contributed by atoms with Crippen molar-refractivity contribution in [3.63, 3.8) is 0 Å². The largest absolute Gasteiger partial charge is 0.405 e. The zero-order valence-corrected chi connectivity index (χ0v) is 13.8. The van der Waals surface area contributed by atoms with E-state index in [1.807, 2.05) is 29.6 Å². The molecule has 3 rings (SSSR count). The van der Waals surface area contributed by atoms with Gasteiger partial charge in [0.05, 0.1) is 5.92 Å². The molecule has 1 aromatic rings. The number of carbonyl (C=O) groups excluding carboxylic acids is 2. The summed E-state index contributed by atoms with van der Waals surface area (Å²) in [5, 5.41) is 1.95. The van der Waals surface area contributed by atoms with E-state index in [-0.39, 0.29) is 5.91 Å². The molecule has 4 nitrogen and oxygen atoms in total. The molecule has 2 amide bonds. The zero-order chi connectivity index (χ0) is 18.0. The molecule has 1 heterocycles. The summed E-state index contributed by atoms with van der Waals surface area (Å²) in [6.07, 6.45) is -1.12. The van der Waals surface area contributed by atoms with Crippen LogP contribution in [0.25, 0.3) is 0 Å². The lowest BCUT2D eigenvalue weighted by Gasteiger charge is -2.32. The molecule has 2 unspecified atom stereocenters. The minimum absolute atomic E-state index is 0.142. The topological polar surface area (TPSA) is 49.4 Å². The standard InChI is InChI=1S/C18H21F3N2O2/c19-18(20,21)11-22-16(24)13-6-2-3-7-14(13)17(25)23-10-9-12-5-1-4-8-15(12)23/h1,4-5,8,13-14H,2-3,6-7,9-11H2,(H,22,24). The van der Waals surface area contributed by atoms with Gasteiger partial charge in [-0.1, -0.05) is 31.0 Å². The lowest BCUT2D eigenvalue weighted by atomic mass is 9.77. The predicted molar refractivity (Wildman–Crippen MR) is 87.0 cm³/mol. The summed E-state index contributed by atoms with van der Waals surface area (Å²) in [5.41, 5.74) is 1.94. The van der Waals surface area contributed by atoms with Crippen molar-refractivity contribution in [3.05, 3.63) is 29.8 Å². The number of amides is 2. The highest BCUT2D eigenvalue weighted by atomic mass is 19.4. The smallest absolute Gasteiger partial charge is 0.347 e. The first-order valence-corrected chi connectivity index (χ1v) is 8.60. The Bertz CT molecular complexity index is 660. The fourth-order valence-corrected chi connectivity index (χ4v) is 3.83. The Morgan fingerprint density at radius 3 is 2.52 bits per heavy atom. The number of alkyl halides is 3. The molecule has 1 saturated carbocycles. The molecule has 1 aliphatic heterocycles. The molecule has 0 spiro atoms. The highest BCUT2D eigenvalue weighted by molar-refractivity contribution is 5.99. The summed E-state index contributed by atoms with van der Waals surface area (Å²) in [6, 6.07) is 7.62. The molecule has 2 atom stereocenters. The molecule has 0 saturated heterocycles. The quantitative estimate of drug-likeness (QED) is 0.907. The van der Waals surface area contributed by atoms with E-state index in [9.17, 15) is 22.8 Å². The van der Waals surface area contributed by atoms with Gasteiger partial charge in [0.25, 0.3) is 0 Å². The number of para-hydroxylation sites is 1. The minimum atomic E-state index is -4.45. The van der Waals surface area contributed by atoms with E-state index in [1.165, 1.54) is 0 Å². The number of nitrogens with one attached hydrogen (secondary N) is 1. The van der Waals surface area contributed by atoms with Gasteiger partial charge in [0, 0.05) is 18.2 Å². The first-order chi connectivity index (χ1) is 11.9. The summed E-state index contributed by atoms with van der Waals surface area (Å²) in [5.74, 6) is -2.04. The number of anilines is 1. The third-order valence-corrected chi connectivity index (χ3v) is 5.04. The summed E-state index contributed by atoms with van der Waals surface area (Å²) < 4.78 is 37.1. The number of hydrogen-bond acceptors (Lipinski definition) is 2. The summed E-state index contributed by atoms with van der Waals surface area (Å²) in [7, 11) is 0. The van der Waals surface area contributed by atoms with Gasteiger partial charge in [0.2, 0.25) is 11.8 Å². The minimum Gasteiger partial charge on any atom is -0.347 e. The molecule has 0 aromatic heterocycles. The number of rotatable bonds is 3. The number of fused-ring (bicyclic) bond motifs is 1. The van der Waals surface area contributed by atoms with E-state index in [0.717, 1.165) is 30.5 Å². The van der Waals surface area contributed by atoms with Gasteiger partial charge in [0.1, 0.15) is 6.54 Å². The van der Waals surface area contributed by atoms with Crippen LogP contribution in [-0.4, -0.2) is 31.1 Å². The Labute approximate surface area is 144 Å². The molecule has 0 radical (unpaired) electrons. The fourth-order valence-electron chi connectivity index (χ4n) is 3.83. The van der Waals surface area contributed by atoms with Crippen LogP contribution < -0.4 is 10.2 Å². The van der Waals surface area contributed by atoms with Crippen LogP contribution in [0.2, 0.25) is 0 Å². The van der Waals surface area contributed by atoms with E-state index >= 15 is 0 Å². The molecule has 136 valence electrons. The van der Waals surface area contributed by atoms with Crippen molar-refractivity contribution in [2.24, 2.45) is 11.8 Å². The van der Waals surface area contributed by atoms with Gasteiger partial charge in [-0.15, -0.1) is 0 Å². The maximum absolute atomic E-state index is 13.0. The number of halogens is 3. The Hall–Kier alpha value is -2.05. The van der Waals surface area contributed by atoms with Gasteiger partial charge in [-0.3, -0.25) is 9.59 Å². The average Bonchev–Trinajstić information content (AvgIpc) is 3.02. The van der Waals surface area contributed by atoms with Gasteiger partial charge >= 0.3 is 6.18 Å². The van der Waals surface area contributed by atoms with Crippen LogP contribution in [-0.2, 0) is 16.0 Å². The number of nitrogens with zero attached hydrogens (tertiary/aromatic N) is 1. The van der Waals surface area contributed by atoms with Crippen LogP contribution in [0.15, 0.2) is 24.3 Å². The van der Waals surface area contributed by atoms with Crippen molar-refractivity contribution in [1.82, 2.24) is 5.32 Å². The van der Waals surface area contributed by atoms with Crippen LogP contribution in [0.1, 0.15) is 31.2 Å². The molecule has 1 aliphatic carbocycles. The van der Waals surface area contributed by atoms with E-state index in [2.05, 4.69) is 0 Å². The second-order valence-electron chi connectivity index (χ2n) is 6.70. The Morgan fingerprint density at radius 1 is 1.12 bits per heavy atom. The zero-order valence-electron chi connectivity index (χ0n) is 13.8. The van der Waals surface area contributed by atoms with Crippen LogP contribution in [0, 0.1) is 11.8 Å². The lowest BCUT2D eigenvalue weighted by Crippen LogP contribution is -2.46. The first kappa shape index (κ1) is 17.8. The van der Waals surface area contributed by atoms with Crippen LogP contribution in [0.5, 0.6) is 0 Å². The molecule has 1 N–H and O–H groups in total. The molecule has 0 bridgehead atoms. The molecule has 1 aromatic carbocycles. The fraction of sp³-hybridized carbons (Fsp3) is 0.556. The van der Waals surface area contributed by atoms with Crippen molar-refractivity contribution in [2.75, 3.05) is 18.0 Å². The normalized spacial score (nSPS) is 23.2. The monoisotopic (exact) mass is 354 g/mol. The predicted octanol–water partition coefficient (Wildman–Crippen LogP) is 3.06. The van der Waals surface area contributed by atoms with Crippen LogP contribution in [0.4, 0.5) is 18.9 Å². The third kappa shape index (κ3) is 3.96.